The summed E-state index contributed by atoms with van der Waals surface area (Å²) in [7, 11) is 0. The molecular weight excluding hydrogens is 246 g/mol. The second-order valence-corrected chi connectivity index (χ2v) is 6.46. The van der Waals surface area contributed by atoms with Gasteiger partial charge in [-0.15, -0.1) is 0 Å². The summed E-state index contributed by atoms with van der Waals surface area (Å²) >= 11 is 0. The average molecular weight is 273 g/mol. The summed E-state index contributed by atoms with van der Waals surface area (Å²) in [5.74, 6) is 1.67. The number of nitrogens with zero attached hydrogens (tertiary/aromatic N) is 1. The van der Waals surface area contributed by atoms with Gasteiger partial charge in [-0.1, -0.05) is 45.0 Å². The van der Waals surface area contributed by atoms with Crippen LogP contribution in [0.3, 0.4) is 0 Å². The number of hydrogen-bond acceptors (Lipinski definition) is 1. The van der Waals surface area contributed by atoms with Crippen molar-refractivity contribution in [3.8, 4) is 0 Å². The Balaban J connectivity index is 1.81. The van der Waals surface area contributed by atoms with Crippen LogP contribution < -0.4 is 0 Å². The van der Waals surface area contributed by atoms with Crippen LogP contribution in [-0.2, 0) is 11.2 Å². The van der Waals surface area contributed by atoms with Gasteiger partial charge in [-0.25, -0.2) is 0 Å². The number of piperidine rings is 1. The first-order valence-electron chi connectivity index (χ1n) is 7.93. The molecule has 0 radical (unpaired) electrons. The molecule has 1 amide bonds. The monoisotopic (exact) mass is 273 g/mol. The van der Waals surface area contributed by atoms with E-state index in [-0.39, 0.29) is 0 Å². The van der Waals surface area contributed by atoms with Gasteiger partial charge >= 0.3 is 0 Å². The highest BCUT2D eigenvalue weighted by Crippen LogP contribution is 2.18. The highest BCUT2D eigenvalue weighted by Gasteiger charge is 2.19. The Hall–Kier alpha value is -1.31. The van der Waals surface area contributed by atoms with E-state index < -0.39 is 0 Å². The molecule has 2 heteroatoms. The summed E-state index contributed by atoms with van der Waals surface area (Å²) in [6.45, 7) is 8.59. The van der Waals surface area contributed by atoms with Crippen molar-refractivity contribution in [1.29, 1.82) is 0 Å². The molecule has 2 nitrogen and oxygen atoms in total. The smallest absolute Gasteiger partial charge is 0.222 e. The maximum atomic E-state index is 12.2. The molecule has 0 spiro atoms. The van der Waals surface area contributed by atoms with Gasteiger partial charge in [0.1, 0.15) is 0 Å². The summed E-state index contributed by atoms with van der Waals surface area (Å²) in [6.07, 6.45) is 3.84. The third-order valence-electron chi connectivity index (χ3n) is 4.41. The molecule has 110 valence electrons. The quantitative estimate of drug-likeness (QED) is 0.812. The Morgan fingerprint density at radius 2 is 1.80 bits per heavy atom. The number of rotatable bonds is 4. The van der Waals surface area contributed by atoms with E-state index in [0.29, 0.717) is 18.2 Å². The molecule has 2 rings (SSSR count). The number of amides is 1. The van der Waals surface area contributed by atoms with Crippen molar-refractivity contribution in [2.75, 3.05) is 13.1 Å². The summed E-state index contributed by atoms with van der Waals surface area (Å²) in [6, 6.07) is 8.71. The molecule has 1 aliphatic heterocycles. The maximum Gasteiger partial charge on any atom is 0.222 e. The lowest BCUT2D eigenvalue weighted by molar-refractivity contribution is -0.132. The van der Waals surface area contributed by atoms with Gasteiger partial charge < -0.3 is 4.90 Å². The van der Waals surface area contributed by atoms with Crippen LogP contribution >= 0.6 is 0 Å². The summed E-state index contributed by atoms with van der Waals surface area (Å²) in [5.41, 5.74) is 2.64. The standard InChI is InChI=1S/C18H27NO/c1-14(2)17-7-4-16(5-8-17)6-9-18(20)19-12-10-15(3)11-13-19/h4-5,7-8,14-15H,6,9-13H2,1-3H3. The van der Waals surface area contributed by atoms with Crippen LogP contribution in [0.1, 0.15) is 57.1 Å². The zero-order chi connectivity index (χ0) is 14.5. The predicted molar refractivity (Wildman–Crippen MR) is 83.8 cm³/mol. The first kappa shape index (κ1) is 15.1. The number of hydrogen-bond donors (Lipinski definition) is 0. The minimum Gasteiger partial charge on any atom is -0.343 e. The first-order valence-corrected chi connectivity index (χ1v) is 7.93. The number of likely N-dealkylation sites (tertiary alicyclic amines) is 1. The fourth-order valence-corrected chi connectivity index (χ4v) is 2.74. The van der Waals surface area contributed by atoms with Crippen LogP contribution in [0.5, 0.6) is 0 Å². The molecule has 0 aromatic heterocycles. The Bertz CT molecular complexity index is 427. The molecule has 1 aromatic rings. The highest BCUT2D eigenvalue weighted by molar-refractivity contribution is 5.76. The van der Waals surface area contributed by atoms with E-state index in [1.165, 1.54) is 11.1 Å². The van der Waals surface area contributed by atoms with Gasteiger partial charge in [0.2, 0.25) is 5.91 Å². The van der Waals surface area contributed by atoms with Crippen molar-refractivity contribution in [3.05, 3.63) is 35.4 Å². The van der Waals surface area contributed by atoms with E-state index in [1.54, 1.807) is 0 Å². The second-order valence-electron chi connectivity index (χ2n) is 6.46. The molecule has 0 atom stereocenters. The largest absolute Gasteiger partial charge is 0.343 e. The maximum absolute atomic E-state index is 12.2. The normalized spacial score (nSPS) is 16.7. The number of carbonyl (C=O) groups is 1. The van der Waals surface area contributed by atoms with E-state index in [9.17, 15) is 4.79 Å². The van der Waals surface area contributed by atoms with Crippen LogP contribution in [0, 0.1) is 5.92 Å². The Morgan fingerprint density at radius 3 is 2.35 bits per heavy atom. The zero-order valence-electron chi connectivity index (χ0n) is 13.1. The van der Waals surface area contributed by atoms with Crippen LogP contribution in [0.25, 0.3) is 0 Å². The molecule has 1 fully saturated rings. The van der Waals surface area contributed by atoms with Gasteiger partial charge in [0.05, 0.1) is 0 Å². The Labute approximate surface area is 123 Å². The first-order chi connectivity index (χ1) is 9.56. The van der Waals surface area contributed by atoms with Crippen molar-refractivity contribution in [3.63, 3.8) is 0 Å². The number of benzene rings is 1. The highest BCUT2D eigenvalue weighted by atomic mass is 16.2. The lowest BCUT2D eigenvalue weighted by atomic mass is 9.98. The minimum absolute atomic E-state index is 0.324. The number of carbonyl (C=O) groups excluding carboxylic acids is 1. The number of aryl methyl sites for hydroxylation is 1. The van der Waals surface area contributed by atoms with Gasteiger partial charge in [-0.3, -0.25) is 4.79 Å². The Kier molecular flexibility index (Phi) is 5.22. The molecule has 0 saturated carbocycles. The fourth-order valence-electron chi connectivity index (χ4n) is 2.74. The SMILES string of the molecule is CC1CCN(C(=O)CCc2ccc(C(C)C)cc2)CC1. The average Bonchev–Trinajstić information content (AvgIpc) is 2.46. The van der Waals surface area contributed by atoms with E-state index in [4.69, 9.17) is 0 Å². The van der Waals surface area contributed by atoms with Gasteiger partial charge in [-0.05, 0) is 42.2 Å². The van der Waals surface area contributed by atoms with Crippen molar-refractivity contribution >= 4 is 5.91 Å². The molecule has 0 unspecified atom stereocenters. The van der Waals surface area contributed by atoms with Crippen molar-refractivity contribution in [2.45, 2.75) is 52.4 Å². The molecule has 20 heavy (non-hydrogen) atoms. The fraction of sp³-hybridized carbons (Fsp3) is 0.611. The van der Waals surface area contributed by atoms with Crippen molar-refractivity contribution in [1.82, 2.24) is 4.90 Å². The van der Waals surface area contributed by atoms with Crippen LogP contribution in [0.2, 0.25) is 0 Å². The minimum atomic E-state index is 0.324. The van der Waals surface area contributed by atoms with E-state index in [1.807, 2.05) is 4.90 Å². The lowest BCUT2D eigenvalue weighted by Crippen LogP contribution is -2.37. The van der Waals surface area contributed by atoms with E-state index in [0.717, 1.165) is 38.3 Å². The second kappa shape index (κ2) is 6.92. The van der Waals surface area contributed by atoms with E-state index >= 15 is 0 Å². The topological polar surface area (TPSA) is 20.3 Å². The molecule has 1 aromatic carbocycles. The summed E-state index contributed by atoms with van der Waals surface area (Å²) in [4.78, 5) is 14.2. The van der Waals surface area contributed by atoms with Crippen LogP contribution in [-0.4, -0.2) is 23.9 Å². The summed E-state index contributed by atoms with van der Waals surface area (Å²) < 4.78 is 0. The molecule has 1 heterocycles. The summed E-state index contributed by atoms with van der Waals surface area (Å²) in [5, 5.41) is 0. The van der Waals surface area contributed by atoms with Crippen molar-refractivity contribution < 1.29 is 4.79 Å². The van der Waals surface area contributed by atoms with E-state index in [2.05, 4.69) is 45.0 Å². The molecule has 0 N–H and O–H groups in total. The molecular formula is C18H27NO. The van der Waals surface area contributed by atoms with Gasteiger partial charge in [0.15, 0.2) is 0 Å². The third-order valence-corrected chi connectivity index (χ3v) is 4.41. The van der Waals surface area contributed by atoms with Crippen LogP contribution in [0.15, 0.2) is 24.3 Å². The molecule has 1 saturated heterocycles. The Morgan fingerprint density at radius 1 is 1.20 bits per heavy atom. The molecule has 0 aliphatic carbocycles. The van der Waals surface area contributed by atoms with Gasteiger partial charge in [0, 0.05) is 19.5 Å². The van der Waals surface area contributed by atoms with Gasteiger partial charge in [-0.2, -0.15) is 0 Å². The molecule has 0 bridgehead atoms. The lowest BCUT2D eigenvalue weighted by Gasteiger charge is -2.30. The third kappa shape index (κ3) is 4.09. The zero-order valence-corrected chi connectivity index (χ0v) is 13.1. The van der Waals surface area contributed by atoms with Gasteiger partial charge in [0.25, 0.3) is 0 Å². The predicted octanol–water partition coefficient (Wildman–Crippen LogP) is 4.00. The molecule has 1 aliphatic rings. The van der Waals surface area contributed by atoms with Crippen molar-refractivity contribution in [2.24, 2.45) is 5.92 Å². The van der Waals surface area contributed by atoms with Crippen LogP contribution in [0.4, 0.5) is 0 Å².